The lowest BCUT2D eigenvalue weighted by Gasteiger charge is -2.25. The van der Waals surface area contributed by atoms with E-state index < -0.39 is 0 Å². The third-order valence-electron chi connectivity index (χ3n) is 3.86. The average Bonchev–Trinajstić information content (AvgIpc) is 2.90. The highest BCUT2D eigenvalue weighted by Crippen LogP contribution is 2.27. The molecule has 1 atom stereocenters. The first-order chi connectivity index (χ1) is 8.16. The van der Waals surface area contributed by atoms with Gasteiger partial charge in [-0.1, -0.05) is 12.8 Å². The standard InChI is InChI=1S/C13H24N4/c1-16(10-13-15-7-8-17(13)2)9-12(14)11-5-3-4-6-11/h7-8,11-12H,3-6,9-10,14H2,1-2H3. The van der Waals surface area contributed by atoms with Crippen LogP contribution in [0, 0.1) is 5.92 Å². The Morgan fingerprint density at radius 1 is 1.53 bits per heavy atom. The highest BCUT2D eigenvalue weighted by atomic mass is 15.2. The number of rotatable bonds is 5. The van der Waals surface area contributed by atoms with Crippen LogP contribution in [0.3, 0.4) is 0 Å². The Hall–Kier alpha value is -0.870. The zero-order valence-corrected chi connectivity index (χ0v) is 11.0. The first kappa shape index (κ1) is 12.6. The predicted molar refractivity (Wildman–Crippen MR) is 69.5 cm³/mol. The molecule has 1 aliphatic rings. The maximum atomic E-state index is 6.28. The minimum absolute atomic E-state index is 0.322. The van der Waals surface area contributed by atoms with Crippen LogP contribution in [-0.4, -0.2) is 34.1 Å². The van der Waals surface area contributed by atoms with Gasteiger partial charge in [-0.3, -0.25) is 4.90 Å². The Kier molecular flexibility index (Phi) is 4.18. The first-order valence-electron chi connectivity index (χ1n) is 6.57. The summed E-state index contributed by atoms with van der Waals surface area (Å²) >= 11 is 0. The first-order valence-corrected chi connectivity index (χ1v) is 6.57. The summed E-state index contributed by atoms with van der Waals surface area (Å²) in [6.07, 6.45) is 9.19. The van der Waals surface area contributed by atoms with Gasteiger partial charge in [0.1, 0.15) is 5.82 Å². The van der Waals surface area contributed by atoms with Gasteiger partial charge in [0.15, 0.2) is 0 Å². The molecule has 0 aliphatic heterocycles. The van der Waals surface area contributed by atoms with E-state index in [2.05, 4.69) is 21.5 Å². The second-order valence-corrected chi connectivity index (χ2v) is 5.36. The van der Waals surface area contributed by atoms with Gasteiger partial charge >= 0.3 is 0 Å². The van der Waals surface area contributed by atoms with E-state index in [0.717, 1.165) is 24.8 Å². The van der Waals surface area contributed by atoms with Gasteiger partial charge in [0.2, 0.25) is 0 Å². The van der Waals surface area contributed by atoms with Gasteiger partial charge in [-0.05, 0) is 25.8 Å². The summed E-state index contributed by atoms with van der Waals surface area (Å²) in [6, 6.07) is 0.322. The largest absolute Gasteiger partial charge is 0.337 e. The summed E-state index contributed by atoms with van der Waals surface area (Å²) in [5.74, 6) is 1.84. The number of nitrogens with two attached hydrogens (primary N) is 1. The summed E-state index contributed by atoms with van der Waals surface area (Å²) in [6.45, 7) is 1.85. The van der Waals surface area contributed by atoms with Crippen molar-refractivity contribution in [3.8, 4) is 0 Å². The lowest BCUT2D eigenvalue weighted by Crippen LogP contribution is -2.40. The summed E-state index contributed by atoms with van der Waals surface area (Å²) in [4.78, 5) is 6.62. The van der Waals surface area contributed by atoms with Crippen molar-refractivity contribution in [1.82, 2.24) is 14.5 Å². The zero-order chi connectivity index (χ0) is 12.3. The molecule has 1 aromatic rings. The van der Waals surface area contributed by atoms with E-state index in [4.69, 9.17) is 5.73 Å². The molecule has 0 aromatic carbocycles. The summed E-state index contributed by atoms with van der Waals surface area (Å²) in [5.41, 5.74) is 6.28. The quantitative estimate of drug-likeness (QED) is 0.840. The second kappa shape index (κ2) is 5.65. The van der Waals surface area contributed by atoms with E-state index in [0.29, 0.717) is 6.04 Å². The van der Waals surface area contributed by atoms with Gasteiger partial charge in [0.25, 0.3) is 0 Å². The van der Waals surface area contributed by atoms with Gasteiger partial charge in [0, 0.05) is 32.0 Å². The third kappa shape index (κ3) is 3.30. The van der Waals surface area contributed by atoms with Crippen molar-refractivity contribution in [2.75, 3.05) is 13.6 Å². The van der Waals surface area contributed by atoms with E-state index in [-0.39, 0.29) is 0 Å². The fourth-order valence-electron chi connectivity index (χ4n) is 2.75. The molecule has 1 fully saturated rings. The van der Waals surface area contributed by atoms with Crippen LogP contribution in [0.4, 0.5) is 0 Å². The minimum Gasteiger partial charge on any atom is -0.337 e. The van der Waals surface area contributed by atoms with Crippen LogP contribution in [-0.2, 0) is 13.6 Å². The highest BCUT2D eigenvalue weighted by Gasteiger charge is 2.23. The van der Waals surface area contributed by atoms with Gasteiger partial charge in [0.05, 0.1) is 6.54 Å². The summed E-state index contributed by atoms with van der Waals surface area (Å²) < 4.78 is 2.07. The molecule has 4 heteroatoms. The van der Waals surface area contributed by atoms with Crippen LogP contribution in [0.5, 0.6) is 0 Å². The molecular formula is C13H24N4. The third-order valence-corrected chi connectivity index (χ3v) is 3.86. The van der Waals surface area contributed by atoms with Crippen molar-refractivity contribution >= 4 is 0 Å². The maximum Gasteiger partial charge on any atom is 0.122 e. The fraction of sp³-hybridized carbons (Fsp3) is 0.769. The molecule has 1 unspecified atom stereocenters. The van der Waals surface area contributed by atoms with E-state index in [9.17, 15) is 0 Å². The predicted octanol–water partition coefficient (Wildman–Crippen LogP) is 1.37. The fourth-order valence-corrected chi connectivity index (χ4v) is 2.75. The number of aromatic nitrogens is 2. The monoisotopic (exact) mass is 236 g/mol. The Morgan fingerprint density at radius 2 is 2.24 bits per heavy atom. The van der Waals surface area contributed by atoms with E-state index in [1.807, 2.05) is 19.4 Å². The molecule has 0 saturated heterocycles. The molecule has 17 heavy (non-hydrogen) atoms. The van der Waals surface area contributed by atoms with Crippen molar-refractivity contribution in [2.24, 2.45) is 18.7 Å². The zero-order valence-electron chi connectivity index (χ0n) is 11.0. The number of hydrogen-bond donors (Lipinski definition) is 1. The van der Waals surface area contributed by atoms with Crippen LogP contribution < -0.4 is 5.73 Å². The van der Waals surface area contributed by atoms with Crippen molar-refractivity contribution in [1.29, 1.82) is 0 Å². The van der Waals surface area contributed by atoms with Crippen LogP contribution in [0.1, 0.15) is 31.5 Å². The smallest absolute Gasteiger partial charge is 0.122 e. The second-order valence-electron chi connectivity index (χ2n) is 5.36. The maximum absolute atomic E-state index is 6.28. The SMILES string of the molecule is CN(Cc1nccn1C)CC(N)C1CCCC1. The molecule has 0 radical (unpaired) electrons. The lowest BCUT2D eigenvalue weighted by atomic mass is 9.99. The van der Waals surface area contributed by atoms with E-state index in [1.54, 1.807) is 0 Å². The van der Waals surface area contributed by atoms with E-state index >= 15 is 0 Å². The molecular weight excluding hydrogens is 212 g/mol. The topological polar surface area (TPSA) is 47.1 Å². The molecule has 2 N–H and O–H groups in total. The molecule has 1 aromatic heterocycles. The highest BCUT2D eigenvalue weighted by molar-refractivity contribution is 4.91. The Balaban J connectivity index is 1.80. The number of likely N-dealkylation sites (N-methyl/N-ethyl adjacent to an activating group) is 1. The number of nitrogens with zero attached hydrogens (tertiary/aromatic N) is 3. The number of imidazole rings is 1. The van der Waals surface area contributed by atoms with Gasteiger partial charge in [-0.2, -0.15) is 0 Å². The van der Waals surface area contributed by atoms with Crippen molar-refractivity contribution in [2.45, 2.75) is 38.3 Å². The van der Waals surface area contributed by atoms with Crippen LogP contribution in [0.2, 0.25) is 0 Å². The molecule has 1 saturated carbocycles. The van der Waals surface area contributed by atoms with Crippen LogP contribution in [0.25, 0.3) is 0 Å². The minimum atomic E-state index is 0.322. The summed E-state index contributed by atoms with van der Waals surface area (Å²) in [5, 5.41) is 0. The Bertz CT molecular complexity index is 341. The van der Waals surface area contributed by atoms with Crippen molar-refractivity contribution in [3.63, 3.8) is 0 Å². The van der Waals surface area contributed by atoms with E-state index in [1.165, 1.54) is 25.7 Å². The van der Waals surface area contributed by atoms with Gasteiger partial charge in [-0.25, -0.2) is 4.98 Å². The molecule has 0 amide bonds. The summed E-state index contributed by atoms with van der Waals surface area (Å²) in [7, 11) is 4.16. The van der Waals surface area contributed by atoms with Crippen LogP contribution >= 0.6 is 0 Å². The molecule has 4 nitrogen and oxygen atoms in total. The molecule has 0 spiro atoms. The molecule has 1 heterocycles. The number of aryl methyl sites for hydroxylation is 1. The van der Waals surface area contributed by atoms with Crippen molar-refractivity contribution in [3.05, 3.63) is 18.2 Å². The lowest BCUT2D eigenvalue weighted by molar-refractivity contribution is 0.258. The Morgan fingerprint density at radius 3 is 2.82 bits per heavy atom. The molecule has 0 bridgehead atoms. The normalized spacial score (nSPS) is 19.1. The molecule has 96 valence electrons. The Labute approximate surface area is 104 Å². The van der Waals surface area contributed by atoms with Gasteiger partial charge in [-0.15, -0.1) is 0 Å². The molecule has 1 aliphatic carbocycles. The average molecular weight is 236 g/mol. The van der Waals surface area contributed by atoms with Crippen molar-refractivity contribution < 1.29 is 0 Å². The van der Waals surface area contributed by atoms with Crippen LogP contribution in [0.15, 0.2) is 12.4 Å². The molecule has 2 rings (SSSR count). The van der Waals surface area contributed by atoms with Gasteiger partial charge < -0.3 is 10.3 Å². The number of hydrogen-bond acceptors (Lipinski definition) is 3.